The van der Waals surface area contributed by atoms with Gasteiger partial charge in [0.2, 0.25) is 6.79 Å². The molecular weight excluding hydrogens is 432 g/mol. The number of nitrogens with zero attached hydrogens (tertiary/aromatic N) is 2. The van der Waals surface area contributed by atoms with Crippen LogP contribution >= 0.6 is 0 Å². The molecule has 1 fully saturated rings. The number of alkyl halides is 1. The molecule has 2 aromatic heterocycles. The minimum absolute atomic E-state index is 0.0149. The first-order valence-electron chi connectivity index (χ1n) is 10.7. The van der Waals surface area contributed by atoms with Crippen LogP contribution < -0.4 is 15.0 Å². The van der Waals surface area contributed by atoms with Crippen LogP contribution in [0.2, 0.25) is 0 Å². The fourth-order valence-electron chi connectivity index (χ4n) is 4.61. The van der Waals surface area contributed by atoms with Gasteiger partial charge in [0.25, 0.3) is 11.5 Å². The summed E-state index contributed by atoms with van der Waals surface area (Å²) in [6.45, 7) is 0.585. The summed E-state index contributed by atoms with van der Waals surface area (Å²) in [4.78, 5) is 31.6. The molecule has 1 N–H and O–H groups in total. The van der Waals surface area contributed by atoms with Crippen LogP contribution in [-0.2, 0) is 0 Å². The lowest BCUT2D eigenvalue weighted by molar-refractivity contribution is 0.0668. The minimum Gasteiger partial charge on any atom is -0.454 e. The van der Waals surface area contributed by atoms with E-state index in [2.05, 4.69) is 4.98 Å². The standard InChI is InChI=1S/C24H19F2N3O4/c25-13-2-5-28(6-3-13)23(30)18-11-29(20-8-14(26)7-19-15(20)1-4-27-19)24(31)17-10-22-21(9-16(17)18)32-12-33-22/h1,4,7-11,13,27H,2-3,5-6,12H2. The Bertz CT molecular complexity index is 1480. The first-order valence-corrected chi connectivity index (χ1v) is 10.7. The summed E-state index contributed by atoms with van der Waals surface area (Å²) in [5, 5.41) is 1.29. The van der Waals surface area contributed by atoms with E-state index in [1.165, 1.54) is 22.9 Å². The summed E-state index contributed by atoms with van der Waals surface area (Å²) in [5.41, 5.74) is 0.677. The van der Waals surface area contributed by atoms with Crippen LogP contribution in [0.25, 0.3) is 27.4 Å². The van der Waals surface area contributed by atoms with Gasteiger partial charge in [0, 0.05) is 36.3 Å². The number of hydrogen-bond donors (Lipinski definition) is 1. The molecule has 0 radical (unpaired) electrons. The Morgan fingerprint density at radius 2 is 1.76 bits per heavy atom. The Morgan fingerprint density at radius 1 is 1.03 bits per heavy atom. The zero-order chi connectivity index (χ0) is 22.7. The summed E-state index contributed by atoms with van der Waals surface area (Å²) < 4.78 is 40.2. The van der Waals surface area contributed by atoms with Crippen LogP contribution in [0.4, 0.5) is 8.78 Å². The highest BCUT2D eigenvalue weighted by atomic mass is 19.1. The van der Waals surface area contributed by atoms with Crippen molar-refractivity contribution in [1.82, 2.24) is 14.5 Å². The van der Waals surface area contributed by atoms with E-state index in [-0.39, 0.29) is 49.6 Å². The molecule has 6 rings (SSSR count). The quantitative estimate of drug-likeness (QED) is 0.501. The predicted octanol–water partition coefficient (Wildman–Crippen LogP) is 3.91. The van der Waals surface area contributed by atoms with Gasteiger partial charge in [-0.1, -0.05) is 0 Å². The van der Waals surface area contributed by atoms with E-state index in [1.807, 2.05) is 0 Å². The van der Waals surface area contributed by atoms with E-state index < -0.39 is 17.5 Å². The van der Waals surface area contributed by atoms with Gasteiger partial charge in [0.15, 0.2) is 11.5 Å². The molecule has 1 amide bonds. The summed E-state index contributed by atoms with van der Waals surface area (Å²) >= 11 is 0. The molecule has 2 aromatic carbocycles. The molecule has 0 spiro atoms. The summed E-state index contributed by atoms with van der Waals surface area (Å²) in [7, 11) is 0. The van der Waals surface area contributed by atoms with Gasteiger partial charge in [-0.2, -0.15) is 0 Å². The maximum atomic E-state index is 14.4. The minimum atomic E-state index is -0.928. The number of ether oxygens (including phenoxy) is 2. The second kappa shape index (κ2) is 7.33. The van der Waals surface area contributed by atoms with Crippen molar-refractivity contribution < 1.29 is 23.0 Å². The number of benzene rings is 2. The Labute approximate surface area is 186 Å². The molecule has 0 bridgehead atoms. The van der Waals surface area contributed by atoms with Gasteiger partial charge < -0.3 is 19.4 Å². The molecule has 168 valence electrons. The number of nitrogens with one attached hydrogen (secondary N) is 1. The SMILES string of the molecule is O=C(c1cn(-c2cc(F)cc3[nH]ccc23)c(=O)c2cc3c(cc12)OCO3)N1CCC(F)CC1. The molecule has 4 aromatic rings. The second-order valence-corrected chi connectivity index (χ2v) is 8.30. The molecule has 9 heteroatoms. The van der Waals surface area contributed by atoms with Crippen LogP contribution in [0.15, 0.2) is 47.5 Å². The lowest BCUT2D eigenvalue weighted by atomic mass is 10.0. The third kappa shape index (κ3) is 3.14. The number of hydrogen-bond acceptors (Lipinski definition) is 4. The lowest BCUT2D eigenvalue weighted by Gasteiger charge is -2.29. The summed E-state index contributed by atoms with van der Waals surface area (Å²) in [5.74, 6) is 0.00623. The topological polar surface area (TPSA) is 76.6 Å². The van der Waals surface area contributed by atoms with Crippen LogP contribution in [0.1, 0.15) is 23.2 Å². The van der Waals surface area contributed by atoms with Gasteiger partial charge in [0.1, 0.15) is 12.0 Å². The predicted molar refractivity (Wildman–Crippen MR) is 118 cm³/mol. The van der Waals surface area contributed by atoms with Crippen molar-refractivity contribution in [3.05, 3.63) is 64.5 Å². The summed E-state index contributed by atoms with van der Waals surface area (Å²) in [6.07, 6.45) is 2.71. The molecular formula is C24H19F2N3O4. The average molecular weight is 451 g/mol. The van der Waals surface area contributed by atoms with Crippen LogP contribution in [0.3, 0.4) is 0 Å². The number of carbonyl (C=O) groups excluding carboxylic acids is 1. The van der Waals surface area contributed by atoms with Crippen molar-refractivity contribution in [3.8, 4) is 17.2 Å². The molecule has 4 heterocycles. The van der Waals surface area contributed by atoms with Crippen LogP contribution in [0.5, 0.6) is 11.5 Å². The van der Waals surface area contributed by atoms with Crippen molar-refractivity contribution in [2.24, 2.45) is 0 Å². The fourth-order valence-corrected chi connectivity index (χ4v) is 4.61. The normalized spacial score (nSPS) is 16.1. The molecule has 2 aliphatic rings. The Morgan fingerprint density at radius 3 is 2.52 bits per heavy atom. The van der Waals surface area contributed by atoms with E-state index in [0.29, 0.717) is 33.5 Å². The molecule has 2 aliphatic heterocycles. The molecule has 0 unspecified atom stereocenters. The number of aromatic amines is 1. The van der Waals surface area contributed by atoms with Crippen molar-refractivity contribution in [2.45, 2.75) is 19.0 Å². The van der Waals surface area contributed by atoms with Crippen LogP contribution in [-0.4, -0.2) is 46.4 Å². The van der Waals surface area contributed by atoms with E-state index in [0.717, 1.165) is 0 Å². The number of aromatic nitrogens is 2. The summed E-state index contributed by atoms with van der Waals surface area (Å²) in [6, 6.07) is 7.52. The first kappa shape index (κ1) is 19.8. The van der Waals surface area contributed by atoms with Crippen LogP contribution in [0, 0.1) is 5.82 Å². The van der Waals surface area contributed by atoms with Gasteiger partial charge in [-0.05, 0) is 43.2 Å². The largest absolute Gasteiger partial charge is 0.454 e. The average Bonchev–Trinajstić information content (AvgIpc) is 3.47. The number of fused-ring (bicyclic) bond motifs is 3. The first-order chi connectivity index (χ1) is 16.0. The van der Waals surface area contributed by atoms with E-state index in [4.69, 9.17) is 9.47 Å². The number of amides is 1. The van der Waals surface area contributed by atoms with E-state index in [9.17, 15) is 18.4 Å². The highest BCUT2D eigenvalue weighted by Crippen LogP contribution is 2.37. The Balaban J connectivity index is 1.62. The Kier molecular flexibility index (Phi) is 4.39. The highest BCUT2D eigenvalue weighted by molar-refractivity contribution is 6.07. The van der Waals surface area contributed by atoms with Crippen molar-refractivity contribution in [1.29, 1.82) is 0 Å². The second-order valence-electron chi connectivity index (χ2n) is 8.30. The zero-order valence-corrected chi connectivity index (χ0v) is 17.4. The van der Waals surface area contributed by atoms with Crippen molar-refractivity contribution in [2.75, 3.05) is 19.9 Å². The maximum Gasteiger partial charge on any atom is 0.263 e. The van der Waals surface area contributed by atoms with Gasteiger partial charge in [-0.25, -0.2) is 8.78 Å². The number of carbonyl (C=O) groups is 1. The van der Waals surface area contributed by atoms with Crippen molar-refractivity contribution in [3.63, 3.8) is 0 Å². The molecule has 7 nitrogen and oxygen atoms in total. The molecule has 0 atom stereocenters. The number of H-pyrrole nitrogens is 1. The molecule has 33 heavy (non-hydrogen) atoms. The van der Waals surface area contributed by atoms with Crippen molar-refractivity contribution >= 4 is 27.6 Å². The third-order valence-corrected chi connectivity index (χ3v) is 6.32. The highest BCUT2D eigenvalue weighted by Gasteiger charge is 2.27. The molecule has 1 saturated heterocycles. The molecule has 0 saturated carbocycles. The number of pyridine rings is 1. The molecule has 0 aliphatic carbocycles. The smallest absolute Gasteiger partial charge is 0.263 e. The number of halogens is 2. The fraction of sp³-hybridized carbons (Fsp3) is 0.250. The monoisotopic (exact) mass is 451 g/mol. The third-order valence-electron chi connectivity index (χ3n) is 6.32. The zero-order valence-electron chi connectivity index (χ0n) is 17.4. The number of likely N-dealkylation sites (tertiary alicyclic amines) is 1. The van der Waals surface area contributed by atoms with E-state index in [1.54, 1.807) is 29.3 Å². The van der Waals surface area contributed by atoms with E-state index >= 15 is 0 Å². The number of piperidine rings is 1. The number of rotatable bonds is 2. The van der Waals surface area contributed by atoms with Gasteiger partial charge in [-0.15, -0.1) is 0 Å². The van der Waals surface area contributed by atoms with Gasteiger partial charge in [0.05, 0.1) is 22.2 Å². The van der Waals surface area contributed by atoms with Gasteiger partial charge >= 0.3 is 0 Å². The maximum absolute atomic E-state index is 14.4. The van der Waals surface area contributed by atoms with Gasteiger partial charge in [-0.3, -0.25) is 14.2 Å². The Hall–Kier alpha value is -3.88. The lowest BCUT2D eigenvalue weighted by Crippen LogP contribution is -2.39.